The molecule has 2 fully saturated rings. The van der Waals surface area contributed by atoms with Crippen LogP contribution in [0.2, 0.25) is 0 Å². The van der Waals surface area contributed by atoms with Gasteiger partial charge < -0.3 is 0 Å². The number of thioether (sulfide) groups is 1. The molecule has 1 saturated heterocycles. The summed E-state index contributed by atoms with van der Waals surface area (Å²) in [7, 11) is 0. The maximum atomic E-state index is 12.8. The van der Waals surface area contributed by atoms with Gasteiger partial charge >= 0.3 is 0 Å². The second-order valence-corrected chi connectivity index (χ2v) is 8.52. The van der Waals surface area contributed by atoms with Crippen LogP contribution in [0.15, 0.2) is 12.1 Å². The molecule has 2 nitrogen and oxygen atoms in total. The van der Waals surface area contributed by atoms with Crippen molar-refractivity contribution >= 4 is 23.3 Å². The van der Waals surface area contributed by atoms with Crippen molar-refractivity contribution in [3.05, 3.63) is 34.4 Å². The summed E-state index contributed by atoms with van der Waals surface area (Å²) in [6.45, 7) is 6.12. The highest BCUT2D eigenvalue weighted by Gasteiger charge is 2.40. The van der Waals surface area contributed by atoms with E-state index in [1.807, 2.05) is 25.6 Å². The number of hydrogen-bond acceptors (Lipinski definition) is 3. The van der Waals surface area contributed by atoms with Crippen LogP contribution in [0.3, 0.4) is 0 Å². The molecule has 1 saturated carbocycles. The zero-order valence-corrected chi connectivity index (χ0v) is 15.2. The van der Waals surface area contributed by atoms with Crippen LogP contribution >= 0.6 is 11.8 Å². The zero-order chi connectivity index (χ0) is 16.6. The molecular formula is C20H26O2S. The molecule has 1 aliphatic carbocycles. The second kappa shape index (κ2) is 6.80. The van der Waals surface area contributed by atoms with Crippen molar-refractivity contribution < 1.29 is 9.59 Å². The smallest absolute Gasteiger partial charge is 0.148 e. The molecule has 0 bridgehead atoms. The Bertz CT molecular complexity index is 588. The molecule has 3 heteroatoms. The van der Waals surface area contributed by atoms with E-state index in [2.05, 4.69) is 19.1 Å². The predicted molar refractivity (Wildman–Crippen MR) is 96.2 cm³/mol. The molecule has 0 aromatic heterocycles. The Kier molecular flexibility index (Phi) is 4.96. The van der Waals surface area contributed by atoms with Crippen LogP contribution in [0.1, 0.15) is 53.9 Å². The van der Waals surface area contributed by atoms with Gasteiger partial charge in [0.05, 0.1) is 0 Å². The maximum Gasteiger partial charge on any atom is 0.148 e. The van der Waals surface area contributed by atoms with Crippen molar-refractivity contribution in [1.29, 1.82) is 0 Å². The molecule has 1 aromatic rings. The third-order valence-electron chi connectivity index (χ3n) is 5.53. The third kappa shape index (κ3) is 3.40. The van der Waals surface area contributed by atoms with Gasteiger partial charge in [0.25, 0.3) is 0 Å². The summed E-state index contributed by atoms with van der Waals surface area (Å²) in [6, 6.07) is 4.18. The van der Waals surface area contributed by atoms with Crippen LogP contribution in [-0.4, -0.2) is 23.1 Å². The van der Waals surface area contributed by atoms with Gasteiger partial charge in [-0.15, -0.1) is 0 Å². The average molecular weight is 330 g/mol. The summed E-state index contributed by atoms with van der Waals surface area (Å²) >= 11 is 2.00. The Morgan fingerprint density at radius 3 is 1.91 bits per heavy atom. The fourth-order valence-corrected chi connectivity index (χ4v) is 5.64. The molecular weight excluding hydrogens is 304 g/mol. The number of carbonyl (C=O) groups is 2. The first-order valence-corrected chi connectivity index (χ1v) is 9.83. The molecule has 1 aliphatic heterocycles. The molecule has 3 rings (SSSR count). The summed E-state index contributed by atoms with van der Waals surface area (Å²) in [6.07, 6.45) is 3.53. The van der Waals surface area contributed by atoms with Gasteiger partial charge in [0, 0.05) is 12.8 Å². The number of rotatable bonds is 2. The minimum atomic E-state index is -0.509. The third-order valence-corrected chi connectivity index (χ3v) is 6.58. The Morgan fingerprint density at radius 2 is 1.39 bits per heavy atom. The number of aryl methyl sites for hydroxylation is 3. The van der Waals surface area contributed by atoms with Gasteiger partial charge in [-0.2, -0.15) is 11.8 Å². The van der Waals surface area contributed by atoms with Gasteiger partial charge in [-0.1, -0.05) is 17.7 Å². The van der Waals surface area contributed by atoms with Crippen molar-refractivity contribution in [1.82, 2.24) is 0 Å². The second-order valence-electron chi connectivity index (χ2n) is 7.30. The lowest BCUT2D eigenvalue weighted by Gasteiger charge is -2.35. The zero-order valence-electron chi connectivity index (χ0n) is 14.4. The Balaban J connectivity index is 1.84. The van der Waals surface area contributed by atoms with Gasteiger partial charge in [0.15, 0.2) is 0 Å². The van der Waals surface area contributed by atoms with Gasteiger partial charge in [-0.3, -0.25) is 9.59 Å². The van der Waals surface area contributed by atoms with E-state index < -0.39 is 5.92 Å². The molecule has 0 radical (unpaired) electrons. The van der Waals surface area contributed by atoms with Crippen LogP contribution in [0.25, 0.3) is 0 Å². The molecule has 2 aliphatic rings. The molecule has 0 N–H and O–H groups in total. The van der Waals surface area contributed by atoms with Gasteiger partial charge in [-0.05, 0) is 73.6 Å². The van der Waals surface area contributed by atoms with Crippen molar-refractivity contribution in [2.24, 2.45) is 11.8 Å². The Labute approximate surface area is 143 Å². The Hall–Kier alpha value is -1.09. The average Bonchev–Trinajstić information content (AvgIpc) is 2.49. The molecule has 0 spiro atoms. The standard InChI is InChI=1S/C20H26O2S/c1-12-8-13(2)19(14(3)9-12)20-17(21)10-16(11-18(20)22)15-4-6-23-7-5-15/h8-9,15-16,20H,4-7,10-11H2,1-3H3. The van der Waals surface area contributed by atoms with E-state index in [4.69, 9.17) is 0 Å². The van der Waals surface area contributed by atoms with Crippen LogP contribution in [-0.2, 0) is 9.59 Å². The molecule has 0 amide bonds. The highest BCUT2D eigenvalue weighted by Crippen LogP contribution is 2.40. The molecule has 0 atom stereocenters. The van der Waals surface area contributed by atoms with Crippen LogP contribution < -0.4 is 0 Å². The summed E-state index contributed by atoms with van der Waals surface area (Å²) in [5, 5.41) is 0. The lowest BCUT2D eigenvalue weighted by molar-refractivity contribution is -0.134. The molecule has 1 heterocycles. The fourth-order valence-electron chi connectivity index (χ4n) is 4.49. The summed E-state index contributed by atoms with van der Waals surface area (Å²) in [4.78, 5) is 25.6. The normalized spacial score (nSPS) is 26.6. The van der Waals surface area contributed by atoms with E-state index in [0.29, 0.717) is 24.7 Å². The SMILES string of the molecule is Cc1cc(C)c(C2C(=O)CC(C3CCSCC3)CC2=O)c(C)c1. The topological polar surface area (TPSA) is 34.1 Å². The van der Waals surface area contributed by atoms with Crippen LogP contribution in [0.4, 0.5) is 0 Å². The summed E-state index contributed by atoms with van der Waals surface area (Å²) in [5.74, 6) is 3.03. The number of ketones is 2. The van der Waals surface area contributed by atoms with Crippen molar-refractivity contribution in [3.63, 3.8) is 0 Å². The van der Waals surface area contributed by atoms with E-state index in [1.165, 1.54) is 29.9 Å². The molecule has 124 valence electrons. The number of hydrogen-bond donors (Lipinski definition) is 0. The fraction of sp³-hybridized carbons (Fsp3) is 0.600. The number of Topliss-reactive ketones (excluding diaryl/α,β-unsaturated/α-hetero) is 2. The summed E-state index contributed by atoms with van der Waals surface area (Å²) < 4.78 is 0. The highest BCUT2D eigenvalue weighted by molar-refractivity contribution is 7.99. The van der Waals surface area contributed by atoms with E-state index >= 15 is 0 Å². The first kappa shape index (κ1) is 16.8. The van der Waals surface area contributed by atoms with Crippen LogP contribution in [0.5, 0.6) is 0 Å². The summed E-state index contributed by atoms with van der Waals surface area (Å²) in [5.41, 5.74) is 4.34. The minimum absolute atomic E-state index is 0.152. The van der Waals surface area contributed by atoms with Crippen molar-refractivity contribution in [3.8, 4) is 0 Å². The highest BCUT2D eigenvalue weighted by atomic mass is 32.2. The molecule has 1 aromatic carbocycles. The quantitative estimate of drug-likeness (QED) is 0.754. The lowest BCUT2D eigenvalue weighted by Crippen LogP contribution is -2.36. The monoisotopic (exact) mass is 330 g/mol. The Morgan fingerprint density at radius 1 is 0.870 bits per heavy atom. The van der Waals surface area contributed by atoms with E-state index in [-0.39, 0.29) is 11.6 Å². The molecule has 0 unspecified atom stereocenters. The number of benzene rings is 1. The van der Waals surface area contributed by atoms with Crippen LogP contribution in [0, 0.1) is 32.6 Å². The predicted octanol–water partition coefficient (Wildman–Crippen LogP) is 4.39. The van der Waals surface area contributed by atoms with E-state index in [0.717, 1.165) is 16.7 Å². The van der Waals surface area contributed by atoms with E-state index in [9.17, 15) is 9.59 Å². The van der Waals surface area contributed by atoms with Gasteiger partial charge in [0.2, 0.25) is 0 Å². The van der Waals surface area contributed by atoms with Gasteiger partial charge in [-0.25, -0.2) is 0 Å². The largest absolute Gasteiger partial charge is 0.299 e. The number of carbonyl (C=O) groups excluding carboxylic acids is 2. The maximum absolute atomic E-state index is 12.8. The van der Waals surface area contributed by atoms with Crippen molar-refractivity contribution in [2.45, 2.75) is 52.4 Å². The first-order chi connectivity index (χ1) is 11.0. The van der Waals surface area contributed by atoms with Crippen molar-refractivity contribution in [2.75, 3.05) is 11.5 Å². The lowest BCUT2D eigenvalue weighted by atomic mass is 9.69. The van der Waals surface area contributed by atoms with E-state index in [1.54, 1.807) is 0 Å². The molecule has 23 heavy (non-hydrogen) atoms. The first-order valence-electron chi connectivity index (χ1n) is 8.68. The van der Waals surface area contributed by atoms with Gasteiger partial charge in [0.1, 0.15) is 17.5 Å². The minimum Gasteiger partial charge on any atom is -0.299 e.